The molecule has 2 aliphatic rings. The molecule has 2 saturated heterocycles. The first-order chi connectivity index (χ1) is 21.2. The van der Waals surface area contributed by atoms with Crippen LogP contribution in [0, 0.1) is 0 Å². The minimum Gasteiger partial charge on any atom is -0.399 e. The van der Waals surface area contributed by atoms with Crippen LogP contribution in [0.4, 0.5) is 26.3 Å². The molecule has 1 atom stereocenters. The molecule has 2 heterocycles. The van der Waals surface area contributed by atoms with Gasteiger partial charge in [-0.25, -0.2) is 0 Å². The molecule has 4 rings (SSSR count). The number of amides is 1. The van der Waals surface area contributed by atoms with Gasteiger partial charge in [-0.15, -0.1) is 0 Å². The summed E-state index contributed by atoms with van der Waals surface area (Å²) in [5, 5.41) is 4.77. The maximum atomic E-state index is 13.3. The number of likely N-dealkylation sites (tertiary alicyclic amines) is 1. The van der Waals surface area contributed by atoms with Crippen LogP contribution in [0.3, 0.4) is 0 Å². The predicted octanol–water partition coefficient (Wildman–Crippen LogP) is 6.57. The number of piperazine rings is 1. The van der Waals surface area contributed by atoms with Crippen molar-refractivity contribution in [2.24, 2.45) is 5.16 Å². The van der Waals surface area contributed by atoms with Crippen molar-refractivity contribution in [3.05, 3.63) is 68.7 Å². The van der Waals surface area contributed by atoms with Crippen molar-refractivity contribution in [2.45, 2.75) is 37.7 Å². The summed E-state index contributed by atoms with van der Waals surface area (Å²) in [6.45, 7) is 4.85. The highest BCUT2D eigenvalue weighted by molar-refractivity contribution is 6.42. The largest absolute Gasteiger partial charge is 0.416 e. The van der Waals surface area contributed by atoms with Crippen molar-refractivity contribution in [2.75, 3.05) is 66.1 Å². The molecule has 1 amide bonds. The summed E-state index contributed by atoms with van der Waals surface area (Å²) in [5.74, 6) is -0.271. The second-order valence-electron chi connectivity index (χ2n) is 11.0. The van der Waals surface area contributed by atoms with Gasteiger partial charge in [0.2, 0.25) is 5.91 Å². The molecule has 2 aliphatic heterocycles. The van der Waals surface area contributed by atoms with Crippen molar-refractivity contribution in [3.8, 4) is 0 Å². The number of rotatable bonds is 12. The summed E-state index contributed by atoms with van der Waals surface area (Å²) in [4.78, 5) is 23.7. The average Bonchev–Trinajstić information content (AvgIpc) is 2.93. The average molecular weight is 684 g/mol. The standard InChI is InChI=1S/C30H34Cl2F6N4O3/c1-44-39-27(19-45-18-20-13-22(29(33,34)35)16-23(14-20)30(36,37)38)24(21-3-4-25(31)26(32)15-21)5-8-40-9-11-41(12-10-40)17-28(43)42-6-2-7-42/h3-4,13-16,24H,2,5-12,17-19H2,1H3/b39-27+. The summed E-state index contributed by atoms with van der Waals surface area (Å²) in [6.07, 6.45) is -8.36. The van der Waals surface area contributed by atoms with Crippen LogP contribution >= 0.6 is 23.2 Å². The van der Waals surface area contributed by atoms with E-state index in [1.807, 2.05) is 4.90 Å². The van der Waals surface area contributed by atoms with E-state index in [0.717, 1.165) is 51.3 Å². The van der Waals surface area contributed by atoms with E-state index in [1.165, 1.54) is 7.11 Å². The Bertz CT molecular complexity index is 1310. The highest BCUT2D eigenvalue weighted by Crippen LogP contribution is 2.36. The summed E-state index contributed by atoms with van der Waals surface area (Å²) >= 11 is 12.4. The maximum Gasteiger partial charge on any atom is 0.416 e. The number of carbonyl (C=O) groups is 1. The second-order valence-corrected chi connectivity index (χ2v) is 11.9. The van der Waals surface area contributed by atoms with Crippen molar-refractivity contribution >= 4 is 34.8 Å². The maximum absolute atomic E-state index is 13.3. The number of halogens is 8. The van der Waals surface area contributed by atoms with Crippen LogP contribution < -0.4 is 0 Å². The molecule has 15 heteroatoms. The number of oxime groups is 1. The molecule has 2 aromatic rings. The Morgan fingerprint density at radius 2 is 1.51 bits per heavy atom. The zero-order chi connectivity index (χ0) is 32.8. The van der Waals surface area contributed by atoms with Crippen LogP contribution in [-0.2, 0) is 33.3 Å². The molecular formula is C30H34Cl2F6N4O3. The number of nitrogens with zero attached hydrogens (tertiary/aromatic N) is 4. The lowest BCUT2D eigenvalue weighted by atomic mass is 9.90. The Kier molecular flexibility index (Phi) is 12.0. The van der Waals surface area contributed by atoms with E-state index in [1.54, 1.807) is 18.2 Å². The molecule has 2 fully saturated rings. The van der Waals surface area contributed by atoms with Gasteiger partial charge in [-0.05, 0) is 60.8 Å². The van der Waals surface area contributed by atoms with Crippen molar-refractivity contribution < 1.29 is 40.7 Å². The first-order valence-corrected chi connectivity index (χ1v) is 15.1. The molecule has 0 aliphatic carbocycles. The van der Waals surface area contributed by atoms with Crippen LogP contribution in [0.5, 0.6) is 0 Å². The van der Waals surface area contributed by atoms with E-state index in [-0.39, 0.29) is 24.1 Å². The molecule has 0 saturated carbocycles. The fourth-order valence-electron chi connectivity index (χ4n) is 5.28. The molecule has 0 bridgehead atoms. The normalized spacial score (nSPS) is 17.7. The van der Waals surface area contributed by atoms with E-state index < -0.39 is 36.0 Å². The van der Waals surface area contributed by atoms with Crippen LogP contribution in [0.25, 0.3) is 0 Å². The Labute approximate surface area is 267 Å². The fraction of sp³-hybridized carbons (Fsp3) is 0.533. The van der Waals surface area contributed by atoms with Gasteiger partial charge < -0.3 is 19.4 Å². The molecule has 7 nitrogen and oxygen atoms in total. The number of benzene rings is 2. The molecule has 0 spiro atoms. The van der Waals surface area contributed by atoms with Crippen LogP contribution in [0.2, 0.25) is 10.0 Å². The molecular weight excluding hydrogens is 649 g/mol. The van der Waals surface area contributed by atoms with Crippen LogP contribution in [0.15, 0.2) is 41.6 Å². The summed E-state index contributed by atoms with van der Waals surface area (Å²) in [6, 6.07) is 6.43. The number of hydrogen-bond acceptors (Lipinski definition) is 6. The lowest BCUT2D eigenvalue weighted by Gasteiger charge is -2.37. The van der Waals surface area contributed by atoms with Gasteiger partial charge >= 0.3 is 12.4 Å². The minimum atomic E-state index is -4.97. The first kappa shape index (κ1) is 35.3. The molecule has 248 valence electrons. The lowest BCUT2D eigenvalue weighted by molar-refractivity contribution is -0.143. The topological polar surface area (TPSA) is 57.6 Å². The smallest absolute Gasteiger partial charge is 0.399 e. The lowest BCUT2D eigenvalue weighted by Crippen LogP contribution is -2.52. The minimum absolute atomic E-state index is 0.0750. The van der Waals surface area contributed by atoms with E-state index in [9.17, 15) is 31.1 Å². The van der Waals surface area contributed by atoms with Gasteiger partial charge in [0.05, 0.1) is 46.6 Å². The summed E-state index contributed by atoms with van der Waals surface area (Å²) in [7, 11) is 1.33. The number of alkyl halides is 6. The molecule has 0 aromatic heterocycles. The third-order valence-electron chi connectivity index (χ3n) is 7.89. The first-order valence-electron chi connectivity index (χ1n) is 14.4. The molecule has 0 N–H and O–H groups in total. The van der Waals surface area contributed by atoms with E-state index in [0.29, 0.717) is 47.4 Å². The van der Waals surface area contributed by atoms with Gasteiger partial charge in [0.25, 0.3) is 0 Å². The van der Waals surface area contributed by atoms with Crippen molar-refractivity contribution in [3.63, 3.8) is 0 Å². The van der Waals surface area contributed by atoms with Crippen molar-refractivity contribution in [1.82, 2.24) is 14.7 Å². The van der Waals surface area contributed by atoms with E-state index in [4.69, 9.17) is 32.8 Å². The fourth-order valence-corrected chi connectivity index (χ4v) is 5.58. The number of hydrogen-bond donors (Lipinski definition) is 0. The van der Waals surface area contributed by atoms with Gasteiger partial charge in [-0.1, -0.05) is 34.4 Å². The van der Waals surface area contributed by atoms with Crippen LogP contribution in [-0.4, -0.2) is 92.4 Å². The SMILES string of the molecule is CO/N=C(\COCc1cc(C(F)(F)F)cc(C(F)(F)F)c1)C(CCN1CCN(CC(=O)N2CCC2)CC1)c1ccc(Cl)c(Cl)c1. The second kappa shape index (κ2) is 15.3. The quantitative estimate of drug-likeness (QED) is 0.144. The third-order valence-corrected chi connectivity index (χ3v) is 8.63. The van der Waals surface area contributed by atoms with Crippen LogP contribution in [0.1, 0.15) is 41.0 Å². The molecule has 45 heavy (non-hydrogen) atoms. The Morgan fingerprint density at radius 3 is 2.04 bits per heavy atom. The molecule has 1 unspecified atom stereocenters. The highest BCUT2D eigenvalue weighted by Gasteiger charge is 2.37. The Morgan fingerprint density at radius 1 is 0.889 bits per heavy atom. The Hall–Kier alpha value is -2.58. The predicted molar refractivity (Wildman–Crippen MR) is 158 cm³/mol. The van der Waals surface area contributed by atoms with E-state index in [2.05, 4.69) is 15.0 Å². The highest BCUT2D eigenvalue weighted by atomic mass is 35.5. The van der Waals surface area contributed by atoms with Gasteiger partial charge in [0.1, 0.15) is 7.11 Å². The number of carbonyl (C=O) groups excluding carboxylic acids is 1. The summed E-state index contributed by atoms with van der Waals surface area (Å²) < 4.78 is 85.6. The van der Waals surface area contributed by atoms with Gasteiger partial charge in [0, 0.05) is 45.2 Å². The van der Waals surface area contributed by atoms with E-state index >= 15 is 0 Å². The zero-order valence-corrected chi connectivity index (χ0v) is 26.1. The summed E-state index contributed by atoms with van der Waals surface area (Å²) in [5.41, 5.74) is -2.01. The zero-order valence-electron chi connectivity index (χ0n) is 24.6. The van der Waals surface area contributed by atoms with Gasteiger partial charge in [0.15, 0.2) is 0 Å². The Balaban J connectivity index is 1.44. The van der Waals surface area contributed by atoms with Gasteiger partial charge in [-0.2, -0.15) is 26.3 Å². The number of ether oxygens (including phenoxy) is 1. The van der Waals surface area contributed by atoms with Gasteiger partial charge in [-0.3, -0.25) is 9.69 Å². The van der Waals surface area contributed by atoms with Crippen molar-refractivity contribution in [1.29, 1.82) is 0 Å². The third kappa shape index (κ3) is 9.95. The molecule has 2 aromatic carbocycles. The monoisotopic (exact) mass is 682 g/mol. The molecule has 0 radical (unpaired) electrons.